The molecule has 2 heterocycles. The first-order chi connectivity index (χ1) is 13.7. The van der Waals surface area contributed by atoms with E-state index in [9.17, 15) is 4.79 Å². The van der Waals surface area contributed by atoms with Gasteiger partial charge >= 0.3 is 0 Å². The Morgan fingerprint density at radius 1 is 1.11 bits per heavy atom. The van der Waals surface area contributed by atoms with Crippen LogP contribution in [0, 0.1) is 0 Å². The van der Waals surface area contributed by atoms with Crippen molar-refractivity contribution in [2.75, 3.05) is 6.54 Å². The molecule has 0 N–H and O–H groups in total. The highest BCUT2D eigenvalue weighted by Gasteiger charge is 2.25. The van der Waals surface area contributed by atoms with Crippen LogP contribution in [0.5, 0.6) is 0 Å². The Morgan fingerprint density at radius 3 is 2.79 bits per heavy atom. The molecule has 1 aromatic heterocycles. The van der Waals surface area contributed by atoms with Crippen LogP contribution in [0.4, 0.5) is 0 Å². The zero-order chi connectivity index (χ0) is 19.3. The molecule has 1 aliphatic heterocycles. The van der Waals surface area contributed by atoms with Crippen LogP contribution in [0.1, 0.15) is 35.7 Å². The van der Waals surface area contributed by atoms with E-state index in [1.54, 1.807) is 0 Å². The first kappa shape index (κ1) is 18.2. The topological polar surface area (TPSA) is 38.1 Å². The van der Waals surface area contributed by atoms with Gasteiger partial charge in [-0.3, -0.25) is 9.48 Å². The van der Waals surface area contributed by atoms with E-state index in [1.165, 1.54) is 5.56 Å². The number of carbonyl (C=O) groups excluding carboxylic acids is 1. The molecule has 2 aromatic carbocycles. The molecule has 1 amide bonds. The maximum Gasteiger partial charge on any atom is 0.254 e. The summed E-state index contributed by atoms with van der Waals surface area (Å²) in [4.78, 5) is 15.0. The van der Waals surface area contributed by atoms with Gasteiger partial charge in [-0.15, -0.1) is 0 Å². The van der Waals surface area contributed by atoms with Gasteiger partial charge in [0.2, 0.25) is 0 Å². The Morgan fingerprint density at radius 2 is 1.96 bits per heavy atom. The molecule has 1 aliphatic rings. The fourth-order valence-corrected chi connectivity index (χ4v) is 3.72. The molecule has 0 radical (unpaired) electrons. The summed E-state index contributed by atoms with van der Waals surface area (Å²) in [5, 5.41) is 4.49. The van der Waals surface area contributed by atoms with Gasteiger partial charge in [-0.2, -0.15) is 5.10 Å². The zero-order valence-electron chi connectivity index (χ0n) is 16.2. The number of benzene rings is 2. The SMILES string of the molecule is CCC[C@H]1C=CCN1C(=O)c1cccc(-c2cnn(Cc3ccccc3)c2)c1. The largest absolute Gasteiger partial charge is 0.328 e. The van der Waals surface area contributed by atoms with Crippen LogP contribution < -0.4 is 0 Å². The molecule has 4 heteroatoms. The third-order valence-electron chi connectivity index (χ3n) is 5.17. The summed E-state index contributed by atoms with van der Waals surface area (Å²) in [7, 11) is 0. The monoisotopic (exact) mass is 371 g/mol. The van der Waals surface area contributed by atoms with Gasteiger partial charge in [0, 0.05) is 23.9 Å². The van der Waals surface area contributed by atoms with Gasteiger partial charge in [-0.1, -0.05) is 68.0 Å². The number of nitrogens with zero attached hydrogens (tertiary/aromatic N) is 3. The molecule has 0 fully saturated rings. The molecule has 0 saturated heterocycles. The predicted molar refractivity (Wildman–Crippen MR) is 112 cm³/mol. The van der Waals surface area contributed by atoms with Crippen molar-refractivity contribution in [1.82, 2.24) is 14.7 Å². The average molecular weight is 371 g/mol. The molecule has 0 saturated carbocycles. The van der Waals surface area contributed by atoms with Crippen LogP contribution in [-0.4, -0.2) is 33.2 Å². The van der Waals surface area contributed by atoms with Gasteiger partial charge in [0.05, 0.1) is 18.8 Å². The second kappa shape index (κ2) is 8.26. The van der Waals surface area contributed by atoms with Gasteiger partial charge in [0.15, 0.2) is 0 Å². The molecule has 28 heavy (non-hydrogen) atoms. The van der Waals surface area contributed by atoms with Crippen molar-refractivity contribution >= 4 is 5.91 Å². The first-order valence-electron chi connectivity index (χ1n) is 9.89. The van der Waals surface area contributed by atoms with E-state index in [0.717, 1.165) is 36.1 Å². The standard InChI is InChI=1S/C24H25N3O/c1-2-8-23-13-7-14-27(23)24(28)21-12-6-11-20(15-21)22-16-25-26(18-22)17-19-9-4-3-5-10-19/h3-7,9-13,15-16,18,23H,2,8,14,17H2,1H3/t23-/m0/s1. The van der Waals surface area contributed by atoms with Crippen LogP contribution in [0.3, 0.4) is 0 Å². The van der Waals surface area contributed by atoms with E-state index < -0.39 is 0 Å². The van der Waals surface area contributed by atoms with E-state index in [-0.39, 0.29) is 11.9 Å². The van der Waals surface area contributed by atoms with Gasteiger partial charge in [0.1, 0.15) is 0 Å². The molecule has 3 aromatic rings. The van der Waals surface area contributed by atoms with E-state index in [2.05, 4.69) is 36.3 Å². The number of hydrogen-bond acceptors (Lipinski definition) is 2. The number of rotatable bonds is 6. The number of amides is 1. The van der Waals surface area contributed by atoms with Crippen molar-refractivity contribution in [2.45, 2.75) is 32.4 Å². The highest BCUT2D eigenvalue weighted by atomic mass is 16.2. The van der Waals surface area contributed by atoms with Crippen molar-refractivity contribution in [2.24, 2.45) is 0 Å². The van der Waals surface area contributed by atoms with Crippen molar-refractivity contribution in [1.29, 1.82) is 0 Å². The molecular weight excluding hydrogens is 346 g/mol. The molecule has 0 spiro atoms. The summed E-state index contributed by atoms with van der Waals surface area (Å²) < 4.78 is 1.93. The molecule has 0 unspecified atom stereocenters. The number of aromatic nitrogens is 2. The Kier molecular flexibility index (Phi) is 5.38. The van der Waals surface area contributed by atoms with E-state index in [1.807, 2.05) is 64.4 Å². The molecule has 4 nitrogen and oxygen atoms in total. The summed E-state index contributed by atoms with van der Waals surface area (Å²) in [5.41, 5.74) is 3.99. The first-order valence-corrected chi connectivity index (χ1v) is 9.89. The van der Waals surface area contributed by atoms with Crippen LogP contribution in [-0.2, 0) is 6.54 Å². The summed E-state index contributed by atoms with van der Waals surface area (Å²) in [6.45, 7) is 3.59. The zero-order valence-corrected chi connectivity index (χ0v) is 16.2. The van der Waals surface area contributed by atoms with Crippen LogP contribution in [0.2, 0.25) is 0 Å². The lowest BCUT2D eigenvalue weighted by Gasteiger charge is -2.24. The molecule has 4 rings (SSSR count). The number of hydrogen-bond donors (Lipinski definition) is 0. The Hall–Kier alpha value is -3.14. The summed E-state index contributed by atoms with van der Waals surface area (Å²) >= 11 is 0. The summed E-state index contributed by atoms with van der Waals surface area (Å²) in [6, 6.07) is 18.4. The maximum atomic E-state index is 13.0. The molecular formula is C24H25N3O. The van der Waals surface area contributed by atoms with Crippen LogP contribution >= 0.6 is 0 Å². The lowest BCUT2D eigenvalue weighted by Crippen LogP contribution is -2.35. The minimum Gasteiger partial charge on any atom is -0.328 e. The quantitative estimate of drug-likeness (QED) is 0.585. The Bertz CT molecular complexity index is 974. The second-order valence-corrected chi connectivity index (χ2v) is 7.23. The smallest absolute Gasteiger partial charge is 0.254 e. The van der Waals surface area contributed by atoms with Crippen molar-refractivity contribution in [3.05, 3.63) is 90.3 Å². The highest BCUT2D eigenvalue weighted by Crippen LogP contribution is 2.23. The van der Waals surface area contributed by atoms with E-state index in [4.69, 9.17) is 0 Å². The molecule has 1 atom stereocenters. The normalized spacial score (nSPS) is 15.9. The lowest BCUT2D eigenvalue weighted by atomic mass is 10.0. The Balaban J connectivity index is 1.52. The second-order valence-electron chi connectivity index (χ2n) is 7.23. The minimum absolute atomic E-state index is 0.0991. The fraction of sp³-hybridized carbons (Fsp3) is 0.250. The fourth-order valence-electron chi connectivity index (χ4n) is 3.72. The predicted octanol–water partition coefficient (Wildman–Crippen LogP) is 4.78. The third kappa shape index (κ3) is 3.91. The third-order valence-corrected chi connectivity index (χ3v) is 5.17. The van der Waals surface area contributed by atoms with Crippen molar-refractivity contribution < 1.29 is 4.79 Å². The Labute approximate surface area is 166 Å². The lowest BCUT2D eigenvalue weighted by molar-refractivity contribution is 0.0744. The van der Waals surface area contributed by atoms with Crippen molar-refractivity contribution in [3.8, 4) is 11.1 Å². The molecule has 0 aliphatic carbocycles. The van der Waals surface area contributed by atoms with E-state index >= 15 is 0 Å². The number of carbonyl (C=O) groups is 1. The van der Waals surface area contributed by atoms with Crippen LogP contribution in [0.15, 0.2) is 79.1 Å². The summed E-state index contributed by atoms with van der Waals surface area (Å²) in [5.74, 6) is 0.0991. The average Bonchev–Trinajstić information content (AvgIpc) is 3.38. The molecule has 0 bridgehead atoms. The molecule has 142 valence electrons. The summed E-state index contributed by atoms with van der Waals surface area (Å²) in [6.07, 6.45) is 10.2. The van der Waals surface area contributed by atoms with Crippen molar-refractivity contribution in [3.63, 3.8) is 0 Å². The van der Waals surface area contributed by atoms with Gasteiger partial charge in [0.25, 0.3) is 5.91 Å². The maximum absolute atomic E-state index is 13.0. The minimum atomic E-state index is 0.0991. The van der Waals surface area contributed by atoms with Crippen LogP contribution in [0.25, 0.3) is 11.1 Å². The van der Waals surface area contributed by atoms with Gasteiger partial charge in [-0.05, 0) is 29.7 Å². The van der Waals surface area contributed by atoms with Gasteiger partial charge in [-0.25, -0.2) is 0 Å². The van der Waals surface area contributed by atoms with E-state index in [0.29, 0.717) is 6.54 Å². The van der Waals surface area contributed by atoms with Gasteiger partial charge < -0.3 is 4.90 Å². The highest BCUT2D eigenvalue weighted by molar-refractivity contribution is 5.96.